The highest BCUT2D eigenvalue weighted by molar-refractivity contribution is 6.33. The number of nitrogens with one attached hydrogen (secondary N) is 1. The molecule has 106 valence electrons. The van der Waals surface area contributed by atoms with Crippen molar-refractivity contribution >= 4 is 17.3 Å². The topological polar surface area (TPSA) is 63.0 Å². The van der Waals surface area contributed by atoms with E-state index in [1.165, 1.54) is 6.20 Å². The molecule has 2 aromatic heterocycles. The summed E-state index contributed by atoms with van der Waals surface area (Å²) in [6.07, 6.45) is 6.66. The standard InChI is InChI=1S/C15H13ClN4O/c16-13-2-1-3-14(15(13)20-7-6-17-10-20)19-8-11-4-5-12(21)9-18-11/h1-7,9-10,19,21H,8H2. The van der Waals surface area contributed by atoms with Gasteiger partial charge in [0, 0.05) is 12.4 Å². The number of imidazole rings is 1. The van der Waals surface area contributed by atoms with Gasteiger partial charge in [0.1, 0.15) is 5.75 Å². The zero-order chi connectivity index (χ0) is 14.7. The largest absolute Gasteiger partial charge is 0.506 e. The van der Waals surface area contributed by atoms with Crippen molar-refractivity contribution in [1.82, 2.24) is 14.5 Å². The van der Waals surface area contributed by atoms with Gasteiger partial charge >= 0.3 is 0 Å². The second kappa shape index (κ2) is 5.85. The number of nitrogens with zero attached hydrogens (tertiary/aromatic N) is 3. The fourth-order valence-corrected chi connectivity index (χ4v) is 2.29. The predicted octanol–water partition coefficient (Wildman–Crippen LogP) is 3.24. The lowest BCUT2D eigenvalue weighted by atomic mass is 10.2. The predicted molar refractivity (Wildman–Crippen MR) is 81.8 cm³/mol. The molecule has 0 saturated carbocycles. The van der Waals surface area contributed by atoms with Gasteiger partial charge in [-0.1, -0.05) is 17.7 Å². The van der Waals surface area contributed by atoms with Crippen LogP contribution in [0.5, 0.6) is 5.75 Å². The van der Waals surface area contributed by atoms with E-state index in [9.17, 15) is 5.11 Å². The van der Waals surface area contributed by atoms with Crippen LogP contribution in [0, 0.1) is 0 Å². The van der Waals surface area contributed by atoms with E-state index in [1.807, 2.05) is 29.0 Å². The van der Waals surface area contributed by atoms with E-state index < -0.39 is 0 Å². The van der Waals surface area contributed by atoms with Crippen LogP contribution in [0.3, 0.4) is 0 Å². The van der Waals surface area contributed by atoms with Gasteiger partial charge < -0.3 is 15.0 Å². The first-order valence-corrected chi connectivity index (χ1v) is 6.76. The third-order valence-electron chi connectivity index (χ3n) is 3.02. The lowest BCUT2D eigenvalue weighted by Gasteiger charge is -2.14. The van der Waals surface area contributed by atoms with E-state index in [-0.39, 0.29) is 5.75 Å². The van der Waals surface area contributed by atoms with E-state index in [0.717, 1.165) is 17.1 Å². The number of rotatable bonds is 4. The zero-order valence-electron chi connectivity index (χ0n) is 11.1. The van der Waals surface area contributed by atoms with Crippen LogP contribution in [-0.2, 0) is 6.54 Å². The van der Waals surface area contributed by atoms with Crippen LogP contribution in [0.4, 0.5) is 5.69 Å². The Morgan fingerprint density at radius 1 is 1.24 bits per heavy atom. The highest BCUT2D eigenvalue weighted by Crippen LogP contribution is 2.28. The molecule has 2 heterocycles. The van der Waals surface area contributed by atoms with Gasteiger partial charge in [-0.15, -0.1) is 0 Å². The van der Waals surface area contributed by atoms with Gasteiger partial charge in [-0.05, 0) is 24.3 Å². The summed E-state index contributed by atoms with van der Waals surface area (Å²) in [5.41, 5.74) is 2.55. The van der Waals surface area contributed by atoms with Crippen LogP contribution in [0.2, 0.25) is 5.02 Å². The fourth-order valence-electron chi connectivity index (χ4n) is 2.02. The van der Waals surface area contributed by atoms with E-state index in [2.05, 4.69) is 15.3 Å². The summed E-state index contributed by atoms with van der Waals surface area (Å²) in [5.74, 6) is 0.153. The molecule has 6 heteroatoms. The van der Waals surface area contributed by atoms with Crippen molar-refractivity contribution in [3.8, 4) is 11.4 Å². The quantitative estimate of drug-likeness (QED) is 0.776. The molecule has 0 fully saturated rings. The van der Waals surface area contributed by atoms with Crippen molar-refractivity contribution in [1.29, 1.82) is 0 Å². The summed E-state index contributed by atoms with van der Waals surface area (Å²) in [5, 5.41) is 13.2. The van der Waals surface area contributed by atoms with Crippen LogP contribution in [-0.4, -0.2) is 19.6 Å². The normalized spacial score (nSPS) is 10.5. The van der Waals surface area contributed by atoms with Gasteiger partial charge in [0.05, 0.1) is 41.2 Å². The van der Waals surface area contributed by atoms with Crippen molar-refractivity contribution in [3.63, 3.8) is 0 Å². The van der Waals surface area contributed by atoms with Crippen LogP contribution in [0.1, 0.15) is 5.69 Å². The van der Waals surface area contributed by atoms with Crippen molar-refractivity contribution in [2.45, 2.75) is 6.54 Å². The average molecular weight is 301 g/mol. The second-order valence-electron chi connectivity index (χ2n) is 4.47. The van der Waals surface area contributed by atoms with Crippen molar-refractivity contribution < 1.29 is 5.11 Å². The van der Waals surface area contributed by atoms with Crippen LogP contribution in [0.25, 0.3) is 5.69 Å². The molecular formula is C15H13ClN4O. The lowest BCUT2D eigenvalue weighted by molar-refractivity contribution is 0.472. The van der Waals surface area contributed by atoms with Gasteiger partial charge in [0.25, 0.3) is 0 Å². The minimum absolute atomic E-state index is 0.153. The number of benzene rings is 1. The van der Waals surface area contributed by atoms with E-state index in [4.69, 9.17) is 11.6 Å². The van der Waals surface area contributed by atoms with Crippen LogP contribution >= 0.6 is 11.6 Å². The first kappa shape index (κ1) is 13.5. The lowest BCUT2D eigenvalue weighted by Crippen LogP contribution is -2.05. The van der Waals surface area contributed by atoms with E-state index >= 15 is 0 Å². The Morgan fingerprint density at radius 3 is 2.86 bits per heavy atom. The summed E-state index contributed by atoms with van der Waals surface area (Å²) in [7, 11) is 0. The molecule has 0 saturated heterocycles. The number of anilines is 1. The molecule has 2 N–H and O–H groups in total. The smallest absolute Gasteiger partial charge is 0.133 e. The SMILES string of the molecule is Oc1ccc(CNc2cccc(Cl)c2-n2ccnc2)nc1. The van der Waals surface area contributed by atoms with E-state index in [0.29, 0.717) is 11.6 Å². The minimum Gasteiger partial charge on any atom is -0.506 e. The average Bonchev–Trinajstić information content (AvgIpc) is 3.00. The maximum atomic E-state index is 9.24. The summed E-state index contributed by atoms with van der Waals surface area (Å²) in [4.78, 5) is 8.19. The number of aromatic hydroxyl groups is 1. The Labute approximate surface area is 126 Å². The first-order valence-electron chi connectivity index (χ1n) is 6.38. The molecular weight excluding hydrogens is 288 g/mol. The molecule has 0 bridgehead atoms. The molecule has 0 radical (unpaired) electrons. The van der Waals surface area contributed by atoms with Crippen molar-refractivity contribution in [3.05, 3.63) is 66.0 Å². The number of hydrogen-bond donors (Lipinski definition) is 2. The molecule has 0 atom stereocenters. The Morgan fingerprint density at radius 2 is 2.14 bits per heavy atom. The number of para-hydroxylation sites is 1. The third-order valence-corrected chi connectivity index (χ3v) is 3.32. The maximum absolute atomic E-state index is 9.24. The van der Waals surface area contributed by atoms with Crippen molar-refractivity contribution in [2.75, 3.05) is 5.32 Å². The third kappa shape index (κ3) is 2.98. The zero-order valence-corrected chi connectivity index (χ0v) is 11.8. The highest BCUT2D eigenvalue weighted by Gasteiger charge is 2.08. The number of aromatic nitrogens is 3. The molecule has 0 aliphatic carbocycles. The molecule has 21 heavy (non-hydrogen) atoms. The maximum Gasteiger partial charge on any atom is 0.133 e. The minimum atomic E-state index is 0.153. The Hall–Kier alpha value is -2.53. The molecule has 5 nitrogen and oxygen atoms in total. The van der Waals surface area contributed by atoms with Crippen molar-refractivity contribution in [2.24, 2.45) is 0 Å². The first-order chi connectivity index (χ1) is 10.2. The van der Waals surface area contributed by atoms with Gasteiger partial charge in [0.2, 0.25) is 0 Å². The van der Waals surface area contributed by atoms with Gasteiger partial charge in [-0.25, -0.2) is 4.98 Å². The summed E-state index contributed by atoms with van der Waals surface area (Å²) in [6, 6.07) is 9.04. The Bertz CT molecular complexity index is 726. The van der Waals surface area contributed by atoms with Gasteiger partial charge in [-0.3, -0.25) is 4.98 Å². The molecule has 0 spiro atoms. The molecule has 3 rings (SSSR count). The summed E-state index contributed by atoms with van der Waals surface area (Å²) >= 11 is 6.29. The van der Waals surface area contributed by atoms with E-state index in [1.54, 1.807) is 24.7 Å². The summed E-state index contributed by atoms with van der Waals surface area (Å²) < 4.78 is 1.86. The highest BCUT2D eigenvalue weighted by atomic mass is 35.5. The second-order valence-corrected chi connectivity index (χ2v) is 4.87. The number of hydrogen-bond acceptors (Lipinski definition) is 4. The summed E-state index contributed by atoms with van der Waals surface area (Å²) in [6.45, 7) is 0.530. The Balaban J connectivity index is 1.86. The fraction of sp³-hybridized carbons (Fsp3) is 0.0667. The number of halogens is 1. The van der Waals surface area contributed by atoms with Crippen LogP contribution < -0.4 is 5.32 Å². The molecule has 3 aromatic rings. The molecule has 0 amide bonds. The number of pyridine rings is 1. The van der Waals surface area contributed by atoms with Crippen LogP contribution in [0.15, 0.2) is 55.2 Å². The molecule has 0 aliphatic rings. The molecule has 0 aliphatic heterocycles. The monoisotopic (exact) mass is 300 g/mol. The molecule has 1 aromatic carbocycles. The Kier molecular flexibility index (Phi) is 3.75. The van der Waals surface area contributed by atoms with Gasteiger partial charge in [0.15, 0.2) is 0 Å². The van der Waals surface area contributed by atoms with Gasteiger partial charge in [-0.2, -0.15) is 0 Å². The molecule has 0 unspecified atom stereocenters.